The van der Waals surface area contributed by atoms with Crippen LogP contribution in [0.3, 0.4) is 0 Å². The van der Waals surface area contributed by atoms with Gasteiger partial charge in [-0.2, -0.15) is 0 Å². The van der Waals surface area contributed by atoms with Crippen LogP contribution in [0, 0.1) is 0 Å². The van der Waals surface area contributed by atoms with Gasteiger partial charge in [0.1, 0.15) is 5.69 Å². The molecule has 0 spiro atoms. The topological polar surface area (TPSA) is 60.5 Å². The number of nitrogens with one attached hydrogen (secondary N) is 2. The van der Waals surface area contributed by atoms with Gasteiger partial charge in [-0.3, -0.25) is 4.79 Å². The number of thiazole rings is 1. The minimum absolute atomic E-state index is 0.160. The lowest BCUT2D eigenvalue weighted by atomic mass is 10.1. The fraction of sp³-hybridized carbons (Fsp3) is 0.273. The fourth-order valence-corrected chi connectivity index (χ4v) is 4.74. The minimum Gasteiger partial charge on any atom is -0.367 e. The van der Waals surface area contributed by atoms with Gasteiger partial charge in [-0.15, -0.1) is 11.3 Å². The van der Waals surface area contributed by atoms with E-state index in [0.29, 0.717) is 5.69 Å². The molecule has 6 nitrogen and oxygen atoms in total. The average Bonchev–Trinajstić information content (AvgIpc) is 3.42. The maximum Gasteiger partial charge on any atom is 0.275 e. The van der Waals surface area contributed by atoms with Gasteiger partial charge in [0.25, 0.3) is 5.91 Å². The molecule has 1 aromatic heterocycles. The SMILES string of the molecule is O=C(Nc1ccccc1N1CCNCC1)c1csc(N2Cc3ccccc3C2)n1. The molecule has 2 aliphatic rings. The molecule has 1 amide bonds. The van der Waals surface area contributed by atoms with Gasteiger partial charge in [-0.05, 0) is 23.3 Å². The predicted molar refractivity (Wildman–Crippen MR) is 118 cm³/mol. The first kappa shape index (κ1) is 18.1. The number of benzene rings is 2. The summed E-state index contributed by atoms with van der Waals surface area (Å²) in [7, 11) is 0. The molecule has 0 unspecified atom stereocenters. The zero-order chi connectivity index (χ0) is 19.6. The summed E-state index contributed by atoms with van der Waals surface area (Å²) in [4.78, 5) is 22.0. The van der Waals surface area contributed by atoms with E-state index >= 15 is 0 Å². The Kier molecular flexibility index (Phi) is 4.91. The minimum atomic E-state index is -0.160. The molecule has 0 aliphatic carbocycles. The van der Waals surface area contributed by atoms with Gasteiger partial charge in [0, 0.05) is 44.6 Å². The second-order valence-corrected chi connectivity index (χ2v) is 8.18. The molecule has 0 atom stereocenters. The Bertz CT molecular complexity index is 1000. The van der Waals surface area contributed by atoms with Crippen molar-refractivity contribution in [1.82, 2.24) is 10.3 Å². The highest BCUT2D eigenvalue weighted by Gasteiger charge is 2.23. The van der Waals surface area contributed by atoms with Crippen LogP contribution < -0.4 is 20.4 Å². The van der Waals surface area contributed by atoms with Crippen LogP contribution in [-0.4, -0.2) is 37.1 Å². The Balaban J connectivity index is 1.30. The van der Waals surface area contributed by atoms with Crippen molar-refractivity contribution in [3.8, 4) is 0 Å². The predicted octanol–water partition coefficient (Wildman–Crippen LogP) is 3.33. The van der Waals surface area contributed by atoms with Gasteiger partial charge >= 0.3 is 0 Å². The summed E-state index contributed by atoms with van der Waals surface area (Å²) in [6.07, 6.45) is 0. The first-order chi connectivity index (χ1) is 14.3. The molecular formula is C22H23N5OS. The smallest absolute Gasteiger partial charge is 0.275 e. The molecule has 2 N–H and O–H groups in total. The monoisotopic (exact) mass is 405 g/mol. The summed E-state index contributed by atoms with van der Waals surface area (Å²) < 4.78 is 0. The summed E-state index contributed by atoms with van der Waals surface area (Å²) in [5, 5.41) is 9.17. The molecular weight excluding hydrogens is 382 g/mol. The summed E-state index contributed by atoms with van der Waals surface area (Å²) in [5.41, 5.74) is 5.03. The molecule has 148 valence electrons. The number of piperazine rings is 1. The van der Waals surface area contributed by atoms with E-state index < -0.39 is 0 Å². The molecule has 2 aliphatic heterocycles. The van der Waals surface area contributed by atoms with Crippen molar-refractivity contribution in [2.45, 2.75) is 13.1 Å². The first-order valence-electron chi connectivity index (χ1n) is 9.91. The van der Waals surface area contributed by atoms with Gasteiger partial charge in [-0.1, -0.05) is 36.4 Å². The lowest BCUT2D eigenvalue weighted by molar-refractivity contribution is 0.102. The number of nitrogens with zero attached hydrogens (tertiary/aromatic N) is 3. The second kappa shape index (κ2) is 7.85. The van der Waals surface area contributed by atoms with Crippen molar-refractivity contribution in [1.29, 1.82) is 0 Å². The molecule has 5 rings (SSSR count). The third-order valence-corrected chi connectivity index (χ3v) is 6.35. The summed E-state index contributed by atoms with van der Waals surface area (Å²) in [6, 6.07) is 16.4. The fourth-order valence-electron chi connectivity index (χ4n) is 3.93. The number of aromatic nitrogens is 1. The average molecular weight is 406 g/mol. The summed E-state index contributed by atoms with van der Waals surface area (Å²) in [6.45, 7) is 5.46. The number of carbonyl (C=O) groups is 1. The van der Waals surface area contributed by atoms with Gasteiger partial charge in [0.2, 0.25) is 0 Å². The molecule has 3 heterocycles. The lowest BCUT2D eigenvalue weighted by Gasteiger charge is -2.31. The molecule has 7 heteroatoms. The van der Waals surface area contributed by atoms with Crippen molar-refractivity contribution >= 4 is 33.8 Å². The number of fused-ring (bicyclic) bond motifs is 1. The van der Waals surface area contributed by atoms with Gasteiger partial charge in [0.15, 0.2) is 5.13 Å². The summed E-state index contributed by atoms with van der Waals surface area (Å²) >= 11 is 1.52. The van der Waals surface area contributed by atoms with Crippen molar-refractivity contribution in [3.05, 3.63) is 70.7 Å². The van der Waals surface area contributed by atoms with Crippen LogP contribution >= 0.6 is 11.3 Å². The quantitative estimate of drug-likeness (QED) is 0.697. The molecule has 1 fully saturated rings. The highest BCUT2D eigenvalue weighted by atomic mass is 32.1. The van der Waals surface area contributed by atoms with Crippen molar-refractivity contribution in [2.24, 2.45) is 0 Å². The second-order valence-electron chi connectivity index (χ2n) is 7.35. The summed E-state index contributed by atoms with van der Waals surface area (Å²) in [5.74, 6) is -0.160. The normalized spacial score (nSPS) is 16.0. The molecule has 0 radical (unpaired) electrons. The van der Waals surface area contributed by atoms with Crippen molar-refractivity contribution < 1.29 is 4.79 Å². The molecule has 29 heavy (non-hydrogen) atoms. The van der Waals surface area contributed by atoms with E-state index in [2.05, 4.69) is 55.7 Å². The number of para-hydroxylation sites is 2. The third kappa shape index (κ3) is 3.71. The van der Waals surface area contributed by atoms with E-state index in [1.807, 2.05) is 23.6 Å². The van der Waals surface area contributed by atoms with Crippen LogP contribution in [0.15, 0.2) is 53.9 Å². The molecule has 0 saturated carbocycles. The highest BCUT2D eigenvalue weighted by molar-refractivity contribution is 7.13. The van der Waals surface area contributed by atoms with E-state index in [9.17, 15) is 4.79 Å². The Labute approximate surface area is 174 Å². The maximum atomic E-state index is 12.9. The highest BCUT2D eigenvalue weighted by Crippen LogP contribution is 2.31. The van der Waals surface area contributed by atoms with Crippen LogP contribution in [0.25, 0.3) is 0 Å². The molecule has 0 bridgehead atoms. The molecule has 3 aromatic rings. The van der Waals surface area contributed by atoms with E-state index in [0.717, 1.165) is 55.8 Å². The standard InChI is InChI=1S/C22H23N5OS/c28-21(24-18-7-3-4-8-20(18)26-11-9-23-10-12-26)19-15-29-22(25-19)27-13-16-5-1-2-6-17(16)14-27/h1-8,15,23H,9-14H2,(H,24,28). The van der Waals surface area contributed by atoms with Crippen LogP contribution in [0.1, 0.15) is 21.6 Å². The van der Waals surface area contributed by atoms with Crippen LogP contribution in [0.4, 0.5) is 16.5 Å². The molecule has 2 aromatic carbocycles. The first-order valence-corrected chi connectivity index (χ1v) is 10.8. The maximum absolute atomic E-state index is 12.9. The van der Waals surface area contributed by atoms with E-state index in [1.165, 1.54) is 22.5 Å². The molecule has 1 saturated heterocycles. The Morgan fingerprint density at radius 2 is 1.66 bits per heavy atom. The number of amides is 1. The number of anilines is 3. The zero-order valence-electron chi connectivity index (χ0n) is 16.1. The Morgan fingerprint density at radius 3 is 2.41 bits per heavy atom. The number of rotatable bonds is 4. The Hall–Kier alpha value is -2.90. The van der Waals surface area contributed by atoms with Gasteiger partial charge in [-0.25, -0.2) is 4.98 Å². The number of carbonyl (C=O) groups excluding carboxylic acids is 1. The van der Waals surface area contributed by atoms with E-state index in [4.69, 9.17) is 0 Å². The van der Waals surface area contributed by atoms with Crippen LogP contribution in [0.2, 0.25) is 0 Å². The van der Waals surface area contributed by atoms with E-state index in [1.54, 1.807) is 0 Å². The van der Waals surface area contributed by atoms with Gasteiger partial charge < -0.3 is 20.4 Å². The van der Waals surface area contributed by atoms with E-state index in [-0.39, 0.29) is 5.91 Å². The van der Waals surface area contributed by atoms with Crippen molar-refractivity contribution in [3.63, 3.8) is 0 Å². The lowest BCUT2D eigenvalue weighted by Crippen LogP contribution is -2.43. The van der Waals surface area contributed by atoms with Crippen LogP contribution in [-0.2, 0) is 13.1 Å². The van der Waals surface area contributed by atoms with Crippen LogP contribution in [0.5, 0.6) is 0 Å². The van der Waals surface area contributed by atoms with Crippen molar-refractivity contribution in [2.75, 3.05) is 41.3 Å². The largest absolute Gasteiger partial charge is 0.367 e. The number of hydrogen-bond acceptors (Lipinski definition) is 6. The zero-order valence-corrected chi connectivity index (χ0v) is 16.9. The Morgan fingerprint density at radius 1 is 0.966 bits per heavy atom. The van der Waals surface area contributed by atoms with Gasteiger partial charge in [0.05, 0.1) is 11.4 Å². The third-order valence-electron chi connectivity index (χ3n) is 5.45. The number of hydrogen-bond donors (Lipinski definition) is 2.